The molecule has 4 aliphatic rings. The average molecular weight is 513 g/mol. The summed E-state index contributed by atoms with van der Waals surface area (Å²) in [5, 5.41) is 0. The Bertz CT molecular complexity index is 990. The van der Waals surface area contributed by atoms with Crippen molar-refractivity contribution in [2.45, 2.75) is 52.2 Å². The van der Waals surface area contributed by atoms with E-state index < -0.39 is 0 Å². The summed E-state index contributed by atoms with van der Waals surface area (Å²) in [6.45, 7) is 11.4. The highest BCUT2D eigenvalue weighted by atomic mass is 16.6. The number of nitrogens with zero attached hydrogens (tertiary/aromatic N) is 2. The number of ether oxygens (including phenoxy) is 4. The van der Waals surface area contributed by atoms with Crippen LogP contribution in [0.4, 0.5) is 0 Å². The van der Waals surface area contributed by atoms with Crippen molar-refractivity contribution in [3.05, 3.63) is 35.4 Å². The van der Waals surface area contributed by atoms with E-state index in [1.54, 1.807) is 19.8 Å². The number of allylic oxidation sites excluding steroid dienone is 1. The topological polar surface area (TPSA) is 60.5 Å². The number of benzene rings is 1. The highest BCUT2D eigenvalue weighted by molar-refractivity contribution is 5.76. The minimum Gasteiger partial charge on any atom is -0.497 e. The quantitative estimate of drug-likeness (QED) is 0.364. The summed E-state index contributed by atoms with van der Waals surface area (Å²) in [6.07, 6.45) is 7.15. The molecule has 1 saturated carbocycles. The van der Waals surface area contributed by atoms with E-state index in [1.165, 1.54) is 19.3 Å². The molecule has 7 nitrogen and oxygen atoms in total. The molecule has 204 valence electrons. The van der Waals surface area contributed by atoms with Crippen molar-refractivity contribution < 1.29 is 23.7 Å². The van der Waals surface area contributed by atoms with Gasteiger partial charge in [0.05, 0.1) is 33.4 Å². The van der Waals surface area contributed by atoms with E-state index in [2.05, 4.69) is 29.7 Å². The Balaban J connectivity index is 1.38. The molecule has 2 aliphatic carbocycles. The summed E-state index contributed by atoms with van der Waals surface area (Å²) in [6, 6.07) is 5.94. The average Bonchev–Trinajstić information content (AvgIpc) is 3.19. The van der Waals surface area contributed by atoms with Gasteiger partial charge in [-0.15, -0.1) is 0 Å². The van der Waals surface area contributed by atoms with Crippen LogP contribution in [0.2, 0.25) is 0 Å². The van der Waals surface area contributed by atoms with Gasteiger partial charge >= 0.3 is 5.97 Å². The van der Waals surface area contributed by atoms with Crippen molar-refractivity contribution in [2.24, 2.45) is 23.2 Å². The normalized spacial score (nSPS) is 31.9. The monoisotopic (exact) mass is 512 g/mol. The number of carbonyl (C=O) groups excluding carboxylic acids is 1. The molecular weight excluding hydrogens is 468 g/mol. The Morgan fingerprint density at radius 2 is 2.00 bits per heavy atom. The molecule has 2 aliphatic heterocycles. The molecule has 5 atom stereocenters. The Hall–Kier alpha value is -2.09. The van der Waals surface area contributed by atoms with Gasteiger partial charge in [0.1, 0.15) is 17.6 Å². The Kier molecular flexibility index (Phi) is 8.13. The summed E-state index contributed by atoms with van der Waals surface area (Å²) in [7, 11) is 3.39. The standard InChI is InChI=1S/C30H44N2O5/c1-21-6-5-9-30(2)18-28-24(17-26(21)30)25(29(33)37-28)20-32(11-10-31-12-14-36-15-13-31)19-22-16-23(34-3)7-8-27(22)35-4/h7-8,16-17,21,24-25,28H,5-6,9-15,18-20H2,1-4H3. The van der Waals surface area contributed by atoms with Crippen molar-refractivity contribution in [2.75, 3.05) is 60.2 Å². The first-order valence-electron chi connectivity index (χ1n) is 14.1. The van der Waals surface area contributed by atoms with Gasteiger partial charge in [0, 0.05) is 50.7 Å². The van der Waals surface area contributed by atoms with Crippen LogP contribution in [-0.4, -0.2) is 82.0 Å². The van der Waals surface area contributed by atoms with E-state index in [4.69, 9.17) is 18.9 Å². The van der Waals surface area contributed by atoms with Gasteiger partial charge in [-0.25, -0.2) is 0 Å². The fourth-order valence-corrected chi connectivity index (χ4v) is 7.13. The van der Waals surface area contributed by atoms with Gasteiger partial charge in [-0.05, 0) is 48.8 Å². The maximum Gasteiger partial charge on any atom is 0.311 e. The fraction of sp³-hybridized carbons (Fsp3) is 0.700. The second-order valence-electron chi connectivity index (χ2n) is 11.7. The zero-order valence-electron chi connectivity index (χ0n) is 23.0. The highest BCUT2D eigenvalue weighted by Gasteiger charge is 2.52. The number of hydrogen-bond donors (Lipinski definition) is 0. The Labute approximate surface area is 222 Å². The lowest BCUT2D eigenvalue weighted by Gasteiger charge is -2.46. The number of hydrogen-bond acceptors (Lipinski definition) is 7. The number of methoxy groups -OCH3 is 2. The lowest BCUT2D eigenvalue weighted by molar-refractivity contribution is -0.145. The van der Waals surface area contributed by atoms with Crippen molar-refractivity contribution in [3.8, 4) is 11.5 Å². The van der Waals surface area contributed by atoms with Crippen LogP contribution in [0.1, 0.15) is 45.1 Å². The molecule has 1 aromatic rings. The summed E-state index contributed by atoms with van der Waals surface area (Å²) in [5.41, 5.74) is 2.82. The van der Waals surface area contributed by atoms with E-state index in [1.807, 2.05) is 18.2 Å². The van der Waals surface area contributed by atoms with Crippen LogP contribution in [0.3, 0.4) is 0 Å². The molecule has 0 radical (unpaired) electrons. The van der Waals surface area contributed by atoms with Gasteiger partial charge in [0.2, 0.25) is 0 Å². The number of fused-ring (bicyclic) bond motifs is 2. The first kappa shape index (κ1) is 26.5. The van der Waals surface area contributed by atoms with E-state index >= 15 is 0 Å². The summed E-state index contributed by atoms with van der Waals surface area (Å²) in [4.78, 5) is 18.2. The Morgan fingerprint density at radius 1 is 1.19 bits per heavy atom. The van der Waals surface area contributed by atoms with E-state index in [0.29, 0.717) is 19.0 Å². The van der Waals surface area contributed by atoms with Gasteiger partial charge < -0.3 is 18.9 Å². The number of morpholine rings is 1. The van der Waals surface area contributed by atoms with Gasteiger partial charge in [0.25, 0.3) is 0 Å². The van der Waals surface area contributed by atoms with Gasteiger partial charge in [-0.1, -0.05) is 31.9 Å². The molecule has 5 rings (SSSR count). The van der Waals surface area contributed by atoms with Crippen molar-refractivity contribution in [1.82, 2.24) is 9.80 Å². The third kappa shape index (κ3) is 5.69. The molecule has 5 unspecified atom stereocenters. The minimum atomic E-state index is -0.141. The first-order chi connectivity index (χ1) is 17.9. The van der Waals surface area contributed by atoms with Gasteiger partial charge in [-0.3, -0.25) is 14.6 Å². The molecule has 3 fully saturated rings. The molecule has 7 heteroatoms. The Morgan fingerprint density at radius 3 is 2.76 bits per heavy atom. The van der Waals surface area contributed by atoms with E-state index in [0.717, 1.165) is 62.9 Å². The summed E-state index contributed by atoms with van der Waals surface area (Å²) < 4.78 is 22.8. The number of esters is 1. The van der Waals surface area contributed by atoms with E-state index in [9.17, 15) is 4.79 Å². The smallest absolute Gasteiger partial charge is 0.311 e. The van der Waals surface area contributed by atoms with Crippen LogP contribution in [0.25, 0.3) is 0 Å². The largest absolute Gasteiger partial charge is 0.497 e. The predicted molar refractivity (Wildman–Crippen MR) is 143 cm³/mol. The highest BCUT2D eigenvalue weighted by Crippen LogP contribution is 2.54. The zero-order chi connectivity index (χ0) is 26.0. The first-order valence-corrected chi connectivity index (χ1v) is 14.1. The molecule has 2 saturated heterocycles. The molecule has 0 N–H and O–H groups in total. The second-order valence-corrected chi connectivity index (χ2v) is 11.7. The van der Waals surface area contributed by atoms with Crippen LogP contribution < -0.4 is 9.47 Å². The molecule has 37 heavy (non-hydrogen) atoms. The lowest BCUT2D eigenvalue weighted by Crippen LogP contribution is -2.44. The number of carbonyl (C=O) groups is 1. The third-order valence-corrected chi connectivity index (χ3v) is 9.25. The predicted octanol–water partition coefficient (Wildman–Crippen LogP) is 4.15. The molecule has 2 heterocycles. The van der Waals surface area contributed by atoms with E-state index in [-0.39, 0.29) is 29.3 Å². The van der Waals surface area contributed by atoms with Crippen LogP contribution in [-0.2, 0) is 20.8 Å². The minimum absolute atomic E-state index is 0.00370. The van der Waals surface area contributed by atoms with Crippen molar-refractivity contribution in [1.29, 1.82) is 0 Å². The third-order valence-electron chi connectivity index (χ3n) is 9.25. The molecule has 1 aromatic carbocycles. The van der Waals surface area contributed by atoms with Crippen LogP contribution in [0.5, 0.6) is 11.5 Å². The molecule has 0 bridgehead atoms. The molecule has 0 amide bonds. The molecule has 0 aromatic heterocycles. The van der Waals surface area contributed by atoms with Crippen LogP contribution in [0.15, 0.2) is 29.8 Å². The molecular formula is C30H44N2O5. The van der Waals surface area contributed by atoms with Crippen molar-refractivity contribution in [3.63, 3.8) is 0 Å². The fourth-order valence-electron chi connectivity index (χ4n) is 7.13. The summed E-state index contributed by atoms with van der Waals surface area (Å²) in [5.74, 6) is 2.24. The summed E-state index contributed by atoms with van der Waals surface area (Å²) >= 11 is 0. The van der Waals surface area contributed by atoms with Gasteiger partial charge in [0.15, 0.2) is 0 Å². The van der Waals surface area contributed by atoms with Crippen LogP contribution in [0, 0.1) is 23.2 Å². The van der Waals surface area contributed by atoms with Crippen molar-refractivity contribution >= 4 is 5.97 Å². The molecule has 0 spiro atoms. The maximum atomic E-state index is 13.3. The lowest BCUT2D eigenvalue weighted by atomic mass is 9.59. The second kappa shape index (κ2) is 11.3. The maximum absolute atomic E-state index is 13.3. The van der Waals surface area contributed by atoms with Gasteiger partial charge in [-0.2, -0.15) is 0 Å². The number of rotatable bonds is 9. The van der Waals surface area contributed by atoms with Crippen LogP contribution >= 0.6 is 0 Å². The zero-order valence-corrected chi connectivity index (χ0v) is 23.0. The SMILES string of the molecule is COc1ccc(OC)c(CN(CCN2CCOCC2)CC2C(=O)OC3CC4(C)CCCC(C)C4=CC32)c1.